The normalized spacial score (nSPS) is 11.8. The van der Waals surface area contributed by atoms with E-state index in [1.807, 2.05) is 0 Å². The number of thiazole rings is 1. The Labute approximate surface area is 109 Å². The Morgan fingerprint density at radius 3 is 2.47 bits per heavy atom. The summed E-state index contributed by atoms with van der Waals surface area (Å²) in [5, 5.41) is 1.000. The molecule has 90 valence electrons. The summed E-state index contributed by atoms with van der Waals surface area (Å²) < 4.78 is 12.9. The SMILES string of the molecule is CC(C)(c1ccc(F)cc1)c1ncc(CCl)s1. The number of rotatable bonds is 3. The molecule has 0 spiro atoms. The van der Waals surface area contributed by atoms with Crippen LogP contribution in [0.25, 0.3) is 0 Å². The number of hydrogen-bond acceptors (Lipinski definition) is 2. The maximum atomic E-state index is 12.9. The molecule has 0 aliphatic rings. The van der Waals surface area contributed by atoms with Crippen LogP contribution in [-0.2, 0) is 11.3 Å². The van der Waals surface area contributed by atoms with Gasteiger partial charge in [0.05, 0.1) is 5.88 Å². The average Bonchev–Trinajstić information content (AvgIpc) is 2.78. The van der Waals surface area contributed by atoms with Crippen molar-refractivity contribution in [1.82, 2.24) is 4.98 Å². The van der Waals surface area contributed by atoms with E-state index in [9.17, 15) is 4.39 Å². The third kappa shape index (κ3) is 2.50. The molecule has 0 bridgehead atoms. The van der Waals surface area contributed by atoms with E-state index in [4.69, 9.17) is 11.6 Å². The van der Waals surface area contributed by atoms with Crippen LogP contribution in [0, 0.1) is 5.82 Å². The first-order chi connectivity index (χ1) is 8.04. The van der Waals surface area contributed by atoms with Crippen LogP contribution >= 0.6 is 22.9 Å². The largest absolute Gasteiger partial charge is 0.248 e. The Morgan fingerprint density at radius 1 is 1.29 bits per heavy atom. The summed E-state index contributed by atoms with van der Waals surface area (Å²) in [5.74, 6) is 0.266. The summed E-state index contributed by atoms with van der Waals surface area (Å²) >= 11 is 7.38. The van der Waals surface area contributed by atoms with Crippen LogP contribution in [0.15, 0.2) is 30.5 Å². The highest BCUT2D eigenvalue weighted by Crippen LogP contribution is 2.34. The molecular formula is C13H13ClFNS. The molecule has 1 aromatic heterocycles. The molecule has 1 aromatic carbocycles. The second-order valence-corrected chi connectivity index (χ2v) is 5.78. The van der Waals surface area contributed by atoms with Crippen molar-refractivity contribution in [1.29, 1.82) is 0 Å². The maximum Gasteiger partial charge on any atom is 0.123 e. The van der Waals surface area contributed by atoms with Crippen LogP contribution in [0.2, 0.25) is 0 Å². The van der Waals surface area contributed by atoms with Crippen molar-refractivity contribution >= 4 is 22.9 Å². The molecule has 0 amide bonds. The monoisotopic (exact) mass is 269 g/mol. The van der Waals surface area contributed by atoms with Crippen LogP contribution in [0.5, 0.6) is 0 Å². The van der Waals surface area contributed by atoms with Gasteiger partial charge in [0.2, 0.25) is 0 Å². The van der Waals surface area contributed by atoms with Gasteiger partial charge < -0.3 is 0 Å². The van der Waals surface area contributed by atoms with Crippen molar-refractivity contribution in [2.24, 2.45) is 0 Å². The Kier molecular flexibility index (Phi) is 3.50. The van der Waals surface area contributed by atoms with Gasteiger partial charge >= 0.3 is 0 Å². The zero-order valence-electron chi connectivity index (χ0n) is 9.71. The lowest BCUT2D eigenvalue weighted by Crippen LogP contribution is -2.18. The average molecular weight is 270 g/mol. The fourth-order valence-electron chi connectivity index (χ4n) is 1.65. The van der Waals surface area contributed by atoms with Crippen LogP contribution in [0.1, 0.15) is 29.3 Å². The van der Waals surface area contributed by atoms with E-state index in [1.54, 1.807) is 29.7 Å². The zero-order chi connectivity index (χ0) is 12.5. The lowest BCUT2D eigenvalue weighted by molar-refractivity contribution is 0.612. The topological polar surface area (TPSA) is 12.9 Å². The standard InChI is InChI=1S/C13H13ClFNS/c1-13(2,9-3-5-10(15)6-4-9)12-16-8-11(7-14)17-12/h3-6,8H,7H2,1-2H3. The number of alkyl halides is 1. The molecule has 0 saturated carbocycles. The molecule has 2 aromatic rings. The smallest absolute Gasteiger partial charge is 0.123 e. The van der Waals surface area contributed by atoms with Crippen molar-refractivity contribution in [2.75, 3.05) is 0 Å². The van der Waals surface area contributed by atoms with E-state index >= 15 is 0 Å². The molecule has 2 rings (SSSR count). The second kappa shape index (κ2) is 4.75. The van der Waals surface area contributed by atoms with Crippen LogP contribution in [0.4, 0.5) is 4.39 Å². The first-order valence-electron chi connectivity index (χ1n) is 5.31. The Bertz CT molecular complexity index is 504. The van der Waals surface area contributed by atoms with E-state index < -0.39 is 0 Å². The van der Waals surface area contributed by atoms with E-state index in [0.717, 1.165) is 15.4 Å². The van der Waals surface area contributed by atoms with Crippen molar-refractivity contribution < 1.29 is 4.39 Å². The number of hydrogen-bond donors (Lipinski definition) is 0. The van der Waals surface area contributed by atoms with Crippen molar-refractivity contribution in [3.05, 3.63) is 51.7 Å². The van der Waals surface area contributed by atoms with Crippen LogP contribution < -0.4 is 0 Å². The van der Waals surface area contributed by atoms with Crippen molar-refractivity contribution in [3.8, 4) is 0 Å². The number of aromatic nitrogens is 1. The summed E-state index contributed by atoms with van der Waals surface area (Å²) in [4.78, 5) is 5.45. The number of benzene rings is 1. The summed E-state index contributed by atoms with van der Waals surface area (Å²) in [5.41, 5.74) is 0.831. The van der Waals surface area contributed by atoms with Gasteiger partial charge in [0.1, 0.15) is 10.8 Å². The van der Waals surface area contributed by atoms with E-state index in [-0.39, 0.29) is 11.2 Å². The highest BCUT2D eigenvalue weighted by atomic mass is 35.5. The molecule has 0 fully saturated rings. The summed E-state index contributed by atoms with van der Waals surface area (Å²) in [6.45, 7) is 4.16. The zero-order valence-corrected chi connectivity index (χ0v) is 11.3. The molecule has 0 atom stereocenters. The van der Waals surface area contributed by atoms with Gasteiger partial charge in [-0.2, -0.15) is 0 Å². The van der Waals surface area contributed by atoms with E-state index in [1.165, 1.54) is 12.1 Å². The Balaban J connectivity index is 2.37. The molecular weight excluding hydrogens is 257 g/mol. The maximum absolute atomic E-state index is 12.9. The first-order valence-corrected chi connectivity index (χ1v) is 6.66. The predicted molar refractivity (Wildman–Crippen MR) is 70.2 cm³/mol. The minimum atomic E-state index is -0.220. The third-order valence-corrected chi connectivity index (χ3v) is 4.55. The molecule has 1 heterocycles. The molecule has 1 nitrogen and oxygen atoms in total. The van der Waals surface area contributed by atoms with E-state index in [2.05, 4.69) is 18.8 Å². The molecule has 0 unspecified atom stereocenters. The molecule has 17 heavy (non-hydrogen) atoms. The molecule has 0 N–H and O–H groups in total. The van der Waals surface area contributed by atoms with Gasteiger partial charge in [-0.25, -0.2) is 9.37 Å². The van der Waals surface area contributed by atoms with Gasteiger partial charge in [0.15, 0.2) is 0 Å². The fourth-order valence-corrected chi connectivity index (χ4v) is 2.77. The molecule has 4 heteroatoms. The van der Waals surface area contributed by atoms with Gasteiger partial charge in [-0.1, -0.05) is 12.1 Å². The predicted octanol–water partition coefficient (Wildman–Crippen LogP) is 4.35. The van der Waals surface area contributed by atoms with Gasteiger partial charge in [0, 0.05) is 16.5 Å². The summed E-state index contributed by atoms with van der Waals surface area (Å²) in [7, 11) is 0. The van der Waals surface area contributed by atoms with Gasteiger partial charge in [-0.05, 0) is 31.5 Å². The minimum Gasteiger partial charge on any atom is -0.248 e. The van der Waals surface area contributed by atoms with Crippen molar-refractivity contribution in [3.63, 3.8) is 0 Å². The number of nitrogens with zero attached hydrogens (tertiary/aromatic N) is 1. The fraction of sp³-hybridized carbons (Fsp3) is 0.308. The molecule has 0 saturated heterocycles. The highest BCUT2D eigenvalue weighted by molar-refractivity contribution is 7.12. The third-order valence-electron chi connectivity index (χ3n) is 2.79. The lowest BCUT2D eigenvalue weighted by Gasteiger charge is -2.22. The lowest BCUT2D eigenvalue weighted by atomic mass is 9.85. The van der Waals surface area contributed by atoms with E-state index in [0.29, 0.717) is 5.88 Å². The Hall–Kier alpha value is -0.930. The Morgan fingerprint density at radius 2 is 1.94 bits per heavy atom. The van der Waals surface area contributed by atoms with Gasteiger partial charge in [-0.3, -0.25) is 0 Å². The van der Waals surface area contributed by atoms with Crippen molar-refractivity contribution in [2.45, 2.75) is 25.1 Å². The number of halogens is 2. The summed E-state index contributed by atoms with van der Waals surface area (Å²) in [6, 6.07) is 6.56. The highest BCUT2D eigenvalue weighted by Gasteiger charge is 2.26. The molecule has 0 aliphatic heterocycles. The minimum absolute atomic E-state index is 0.217. The first kappa shape index (κ1) is 12.5. The van der Waals surface area contributed by atoms with Crippen LogP contribution in [-0.4, -0.2) is 4.98 Å². The quantitative estimate of drug-likeness (QED) is 0.755. The van der Waals surface area contributed by atoms with Gasteiger partial charge in [-0.15, -0.1) is 22.9 Å². The van der Waals surface area contributed by atoms with Crippen LogP contribution in [0.3, 0.4) is 0 Å². The van der Waals surface area contributed by atoms with Gasteiger partial charge in [0.25, 0.3) is 0 Å². The second-order valence-electron chi connectivity index (χ2n) is 4.40. The molecule has 0 aliphatic carbocycles. The summed E-state index contributed by atoms with van der Waals surface area (Å²) in [6.07, 6.45) is 1.80. The molecule has 0 radical (unpaired) electrons.